The van der Waals surface area contributed by atoms with Gasteiger partial charge in [-0.05, 0) is 40.4 Å². The number of pyridine rings is 1. The molecule has 1 heterocycles. The molecule has 0 saturated heterocycles. The third-order valence-electron chi connectivity index (χ3n) is 5.85. The summed E-state index contributed by atoms with van der Waals surface area (Å²) < 4.78 is 26.3. The van der Waals surface area contributed by atoms with E-state index in [2.05, 4.69) is 11.6 Å². The Hall–Kier alpha value is -1.30. The predicted molar refractivity (Wildman–Crippen MR) is 127 cm³/mol. The smallest absolute Gasteiger partial charge is 0.790 e. The van der Waals surface area contributed by atoms with Gasteiger partial charge in [-0.15, -0.1) is 0 Å². The number of carboxylic acids is 1. The second-order valence-corrected chi connectivity index (χ2v) is 10.8. The number of benzene rings is 2. The summed E-state index contributed by atoms with van der Waals surface area (Å²) in [6, 6.07) is 13.8. The fraction of sp³-hybridized carbons (Fsp3) is 0.259. The second kappa shape index (κ2) is 13.2. The van der Waals surface area contributed by atoms with E-state index in [9.17, 15) is 28.9 Å². The van der Waals surface area contributed by atoms with Gasteiger partial charge in [0.25, 0.3) is 0 Å². The Morgan fingerprint density at radius 1 is 1.16 bits per heavy atom. The van der Waals surface area contributed by atoms with Gasteiger partial charge in [-0.3, -0.25) is 4.98 Å². The summed E-state index contributed by atoms with van der Waals surface area (Å²) in [6.45, 7) is 3.85. The number of aliphatic hydroxyl groups is 1. The fourth-order valence-electron chi connectivity index (χ4n) is 4.33. The van der Waals surface area contributed by atoms with Crippen molar-refractivity contribution in [3.05, 3.63) is 76.7 Å². The number of aromatic nitrogens is 1. The molecule has 0 bridgehead atoms. The molecule has 0 aliphatic heterocycles. The number of hydrogen-bond donors (Lipinski definition) is 1. The molecule has 1 N–H and O–H groups in total. The van der Waals surface area contributed by atoms with Crippen LogP contribution in [0.4, 0.5) is 4.39 Å². The maximum absolute atomic E-state index is 13.7. The average molecular weight is 537 g/mol. The van der Waals surface area contributed by atoms with Crippen LogP contribution in [0.3, 0.4) is 0 Å². The van der Waals surface area contributed by atoms with Crippen LogP contribution in [0.1, 0.15) is 48.6 Å². The molecule has 37 heavy (non-hydrogen) atoms. The largest absolute Gasteiger partial charge is 1.00 e. The summed E-state index contributed by atoms with van der Waals surface area (Å²) in [4.78, 5) is 28.2. The standard InChI is InChI=1S/C27H25FNO5P.2Na/c1-16(2)26-22(11-12-35(33,34)15-20(30)14-24(31)32)25(17-7-9-19(28)10-8-17)23-13-18-5-3-4-6-21(18)27(23)29-26;;/h3-10,16,20,30H,13-15H2,1-2H3,(H,31,32)(H,33,34);;/q;2*+1/p-2/t20-;;/m0../s1. The SMILES string of the molecule is CC(C)c1nc2c(c(-c3ccc(F)cc3)c1C#CP(=O)([O-])C[C@@H](O)CC(=O)[O-])Cc1ccccc1-2.[Na+].[Na+]. The molecule has 0 fully saturated rings. The zero-order valence-corrected chi connectivity index (χ0v) is 26.1. The van der Waals surface area contributed by atoms with Crippen molar-refractivity contribution < 1.29 is 88.0 Å². The molecular weight excluding hydrogens is 514 g/mol. The molecule has 3 aromatic rings. The van der Waals surface area contributed by atoms with Gasteiger partial charge in [0.05, 0.1) is 30.4 Å². The van der Waals surface area contributed by atoms with Crippen LogP contribution in [-0.4, -0.2) is 28.3 Å². The fourth-order valence-corrected chi connectivity index (χ4v) is 5.39. The van der Waals surface area contributed by atoms with Crippen molar-refractivity contribution in [2.24, 2.45) is 0 Å². The van der Waals surface area contributed by atoms with Crippen molar-refractivity contribution in [1.29, 1.82) is 0 Å². The van der Waals surface area contributed by atoms with Gasteiger partial charge in [-0.1, -0.05) is 56.2 Å². The van der Waals surface area contributed by atoms with E-state index in [0.29, 0.717) is 28.8 Å². The zero-order valence-electron chi connectivity index (χ0n) is 21.2. The van der Waals surface area contributed by atoms with Gasteiger partial charge in [0.1, 0.15) is 5.82 Å². The molecule has 0 radical (unpaired) electrons. The van der Waals surface area contributed by atoms with Crippen LogP contribution in [0.2, 0.25) is 0 Å². The van der Waals surface area contributed by atoms with Crippen molar-refractivity contribution >= 4 is 13.3 Å². The summed E-state index contributed by atoms with van der Waals surface area (Å²) in [7, 11) is -4.46. The monoisotopic (exact) mass is 537 g/mol. The van der Waals surface area contributed by atoms with E-state index in [0.717, 1.165) is 22.4 Å². The van der Waals surface area contributed by atoms with E-state index in [1.807, 2.05) is 38.1 Å². The zero-order chi connectivity index (χ0) is 25.3. The average Bonchev–Trinajstić information content (AvgIpc) is 3.14. The van der Waals surface area contributed by atoms with Gasteiger partial charge in [-0.2, -0.15) is 0 Å². The molecule has 0 spiro atoms. The Morgan fingerprint density at radius 3 is 2.43 bits per heavy atom. The minimum absolute atomic E-state index is 0. The van der Waals surface area contributed by atoms with E-state index < -0.39 is 37.8 Å². The van der Waals surface area contributed by atoms with E-state index >= 15 is 0 Å². The van der Waals surface area contributed by atoms with E-state index in [-0.39, 0.29) is 65.0 Å². The van der Waals surface area contributed by atoms with Crippen molar-refractivity contribution in [2.45, 2.75) is 38.7 Å². The molecular formula is C27H23FNNa2O5P. The Kier molecular flexibility index (Phi) is 11.4. The Balaban J connectivity index is 0.00000241. The third kappa shape index (κ3) is 7.42. The molecule has 0 amide bonds. The minimum Gasteiger partial charge on any atom is -0.790 e. The first-order valence-corrected chi connectivity index (χ1v) is 13.0. The van der Waals surface area contributed by atoms with Crippen LogP contribution in [0.25, 0.3) is 22.4 Å². The first-order chi connectivity index (χ1) is 16.6. The van der Waals surface area contributed by atoms with Crippen LogP contribution in [-0.2, 0) is 15.8 Å². The van der Waals surface area contributed by atoms with E-state index in [1.165, 1.54) is 12.1 Å². The quantitative estimate of drug-likeness (QED) is 0.160. The number of nitrogens with zero attached hydrogens (tertiary/aromatic N) is 1. The van der Waals surface area contributed by atoms with Crippen molar-refractivity contribution in [3.63, 3.8) is 0 Å². The first-order valence-electron chi connectivity index (χ1n) is 11.2. The number of carboxylic acid groups (broad SMARTS) is 1. The van der Waals surface area contributed by atoms with Crippen LogP contribution in [0, 0.1) is 17.4 Å². The number of halogens is 1. The van der Waals surface area contributed by atoms with Crippen molar-refractivity contribution in [1.82, 2.24) is 4.98 Å². The maximum atomic E-state index is 13.7. The van der Waals surface area contributed by atoms with Crippen LogP contribution in [0.15, 0.2) is 48.5 Å². The molecule has 180 valence electrons. The number of fused-ring (bicyclic) bond motifs is 3. The minimum atomic E-state index is -4.46. The molecule has 2 atom stereocenters. The summed E-state index contributed by atoms with van der Waals surface area (Å²) in [5.74, 6) is 0.725. The number of rotatable bonds is 6. The second-order valence-electron chi connectivity index (χ2n) is 8.89. The molecule has 1 aromatic heterocycles. The molecule has 2 aromatic carbocycles. The van der Waals surface area contributed by atoms with Crippen molar-refractivity contribution in [2.75, 3.05) is 6.16 Å². The first kappa shape index (κ1) is 31.9. The molecule has 0 saturated carbocycles. The Labute approximate surface area is 259 Å². The van der Waals surface area contributed by atoms with Gasteiger partial charge in [0.2, 0.25) is 0 Å². The van der Waals surface area contributed by atoms with Gasteiger partial charge < -0.3 is 24.5 Å². The number of hydrogen-bond acceptors (Lipinski definition) is 6. The maximum Gasteiger partial charge on any atom is 1.00 e. The number of aliphatic hydroxyl groups excluding tert-OH is 1. The van der Waals surface area contributed by atoms with Crippen molar-refractivity contribution in [3.8, 4) is 34.0 Å². The van der Waals surface area contributed by atoms with Crippen LogP contribution >= 0.6 is 7.37 Å². The Morgan fingerprint density at radius 2 is 1.81 bits per heavy atom. The van der Waals surface area contributed by atoms with Gasteiger partial charge in [0.15, 0.2) is 0 Å². The number of carbonyl (C=O) groups is 1. The summed E-state index contributed by atoms with van der Waals surface area (Å²) in [6.07, 6.45) is -2.66. The number of aliphatic carboxylic acids is 1. The summed E-state index contributed by atoms with van der Waals surface area (Å²) >= 11 is 0. The van der Waals surface area contributed by atoms with Crippen LogP contribution in [0.5, 0.6) is 0 Å². The van der Waals surface area contributed by atoms with Gasteiger partial charge >= 0.3 is 59.1 Å². The number of carbonyl (C=O) groups excluding carboxylic acids is 1. The van der Waals surface area contributed by atoms with E-state index in [4.69, 9.17) is 4.98 Å². The molecule has 1 unspecified atom stereocenters. The molecule has 4 rings (SSSR count). The normalized spacial score (nSPS) is 13.7. The molecule has 6 nitrogen and oxygen atoms in total. The summed E-state index contributed by atoms with van der Waals surface area (Å²) in [5, 5.41) is 20.5. The van der Waals surface area contributed by atoms with Crippen LogP contribution < -0.4 is 69.1 Å². The van der Waals surface area contributed by atoms with Gasteiger partial charge in [-0.25, -0.2) is 4.39 Å². The summed E-state index contributed by atoms with van der Waals surface area (Å²) in [5.41, 5.74) is 8.41. The third-order valence-corrected chi connectivity index (χ3v) is 7.20. The predicted octanol–water partition coefficient (Wildman–Crippen LogP) is -2.96. The van der Waals surface area contributed by atoms with E-state index in [1.54, 1.807) is 12.1 Å². The topological polar surface area (TPSA) is 113 Å². The molecule has 1 aliphatic rings. The van der Waals surface area contributed by atoms with Gasteiger partial charge in [0, 0.05) is 36.1 Å². The molecule has 1 aliphatic carbocycles. The molecule has 10 heteroatoms. The Bertz CT molecular complexity index is 1420.